The number of hydrogen-bond donors (Lipinski definition) is 0. The van der Waals surface area contributed by atoms with Crippen molar-refractivity contribution in [1.82, 2.24) is 0 Å². The highest BCUT2D eigenvalue weighted by Crippen LogP contribution is 2.12. The fourth-order valence-corrected chi connectivity index (χ4v) is 1.83. The molecule has 2 aromatic carbocycles. The average Bonchev–Trinajstić information content (AvgIpc) is 2.29. The first kappa shape index (κ1) is 10.6. The lowest BCUT2D eigenvalue weighted by Gasteiger charge is -2.03. The molecule has 0 unspecified atom stereocenters. The largest absolute Gasteiger partial charge is 0.298 e. The van der Waals surface area contributed by atoms with Crippen molar-refractivity contribution in [1.29, 1.82) is 0 Å². The van der Waals surface area contributed by atoms with Crippen molar-refractivity contribution >= 4 is 6.29 Å². The summed E-state index contributed by atoms with van der Waals surface area (Å²) in [6.45, 7) is 2.09. The van der Waals surface area contributed by atoms with Gasteiger partial charge in [-0.15, -0.1) is 0 Å². The van der Waals surface area contributed by atoms with E-state index in [9.17, 15) is 4.79 Å². The number of hydrogen-bond acceptors (Lipinski definition) is 1. The van der Waals surface area contributed by atoms with Gasteiger partial charge in [-0.2, -0.15) is 0 Å². The van der Waals surface area contributed by atoms with Gasteiger partial charge in [-0.25, -0.2) is 0 Å². The number of benzene rings is 2. The molecule has 0 bridgehead atoms. The van der Waals surface area contributed by atoms with Crippen LogP contribution in [0, 0.1) is 6.92 Å². The molecule has 0 aliphatic carbocycles. The van der Waals surface area contributed by atoms with Crippen LogP contribution >= 0.6 is 0 Å². The molecular weight excluding hydrogens is 196 g/mol. The van der Waals surface area contributed by atoms with E-state index in [1.54, 1.807) is 0 Å². The zero-order chi connectivity index (χ0) is 11.4. The standard InChI is InChI=1S/C15H14O/c1-12-4-2-5-13(8-12)9-14-6-3-7-15(10-14)11-16/h2-8,10-11H,9H2,1H3. The van der Waals surface area contributed by atoms with Crippen molar-refractivity contribution in [3.05, 3.63) is 70.8 Å². The third-order valence-corrected chi connectivity index (χ3v) is 2.58. The van der Waals surface area contributed by atoms with Crippen molar-refractivity contribution < 1.29 is 4.79 Å². The molecule has 0 spiro atoms. The van der Waals surface area contributed by atoms with Gasteiger partial charge in [-0.3, -0.25) is 4.79 Å². The van der Waals surface area contributed by atoms with Crippen molar-refractivity contribution in [2.24, 2.45) is 0 Å². The lowest BCUT2D eigenvalue weighted by molar-refractivity contribution is 0.112. The van der Waals surface area contributed by atoms with E-state index in [4.69, 9.17) is 0 Å². The van der Waals surface area contributed by atoms with Gasteiger partial charge in [0.15, 0.2) is 0 Å². The molecule has 0 saturated heterocycles. The highest BCUT2D eigenvalue weighted by atomic mass is 16.1. The van der Waals surface area contributed by atoms with Crippen LogP contribution in [0.25, 0.3) is 0 Å². The van der Waals surface area contributed by atoms with Crippen molar-refractivity contribution in [3.8, 4) is 0 Å². The second-order valence-corrected chi connectivity index (χ2v) is 4.03. The molecule has 0 atom stereocenters. The molecule has 0 aliphatic rings. The summed E-state index contributed by atoms with van der Waals surface area (Å²) in [5, 5.41) is 0. The fraction of sp³-hybridized carbons (Fsp3) is 0.133. The smallest absolute Gasteiger partial charge is 0.150 e. The quantitative estimate of drug-likeness (QED) is 0.710. The number of aldehydes is 1. The van der Waals surface area contributed by atoms with Gasteiger partial charge in [-0.05, 0) is 30.5 Å². The number of carbonyl (C=O) groups is 1. The molecule has 0 N–H and O–H groups in total. The Morgan fingerprint density at radius 3 is 2.38 bits per heavy atom. The van der Waals surface area contributed by atoms with Crippen LogP contribution in [0.2, 0.25) is 0 Å². The second kappa shape index (κ2) is 4.75. The second-order valence-electron chi connectivity index (χ2n) is 4.03. The molecular formula is C15H14O. The van der Waals surface area contributed by atoms with Crippen LogP contribution in [-0.4, -0.2) is 6.29 Å². The van der Waals surface area contributed by atoms with Gasteiger partial charge in [0, 0.05) is 5.56 Å². The molecule has 0 aromatic heterocycles. The summed E-state index contributed by atoms with van der Waals surface area (Å²) in [4.78, 5) is 10.7. The Morgan fingerprint density at radius 1 is 1.00 bits per heavy atom. The minimum absolute atomic E-state index is 0.741. The van der Waals surface area contributed by atoms with Crippen molar-refractivity contribution in [3.63, 3.8) is 0 Å². The van der Waals surface area contributed by atoms with E-state index < -0.39 is 0 Å². The molecule has 0 heterocycles. The van der Waals surface area contributed by atoms with Gasteiger partial charge < -0.3 is 0 Å². The predicted molar refractivity (Wildman–Crippen MR) is 65.8 cm³/mol. The van der Waals surface area contributed by atoms with Gasteiger partial charge in [0.2, 0.25) is 0 Å². The van der Waals surface area contributed by atoms with E-state index >= 15 is 0 Å². The summed E-state index contributed by atoms with van der Waals surface area (Å²) in [5.74, 6) is 0. The maximum absolute atomic E-state index is 10.7. The first-order valence-electron chi connectivity index (χ1n) is 5.37. The lowest BCUT2D eigenvalue weighted by Crippen LogP contribution is -1.90. The van der Waals surface area contributed by atoms with Crippen molar-refractivity contribution in [2.75, 3.05) is 0 Å². The molecule has 0 fully saturated rings. The number of carbonyl (C=O) groups excluding carboxylic acids is 1. The zero-order valence-electron chi connectivity index (χ0n) is 9.31. The van der Waals surface area contributed by atoms with E-state index in [0.29, 0.717) is 0 Å². The van der Waals surface area contributed by atoms with Crippen LogP contribution in [0.1, 0.15) is 27.0 Å². The highest BCUT2D eigenvalue weighted by Gasteiger charge is 1.98. The van der Waals surface area contributed by atoms with E-state index in [1.807, 2.05) is 18.2 Å². The number of aryl methyl sites for hydroxylation is 1. The summed E-state index contributed by atoms with van der Waals surface area (Å²) >= 11 is 0. The summed E-state index contributed by atoms with van der Waals surface area (Å²) < 4.78 is 0. The topological polar surface area (TPSA) is 17.1 Å². The SMILES string of the molecule is Cc1cccc(Cc2cccc(C=O)c2)c1. The normalized spacial score (nSPS) is 10.1. The van der Waals surface area contributed by atoms with Gasteiger partial charge in [0.1, 0.15) is 6.29 Å². The van der Waals surface area contributed by atoms with Crippen LogP contribution < -0.4 is 0 Å². The summed E-state index contributed by atoms with van der Waals surface area (Å²) in [5.41, 5.74) is 4.47. The maximum atomic E-state index is 10.7. The summed E-state index contributed by atoms with van der Waals surface area (Å²) in [7, 11) is 0. The predicted octanol–water partition coefficient (Wildman–Crippen LogP) is 3.40. The Kier molecular flexibility index (Phi) is 3.16. The monoisotopic (exact) mass is 210 g/mol. The third kappa shape index (κ3) is 2.57. The van der Waals surface area contributed by atoms with Gasteiger partial charge >= 0.3 is 0 Å². The van der Waals surface area contributed by atoms with Crippen molar-refractivity contribution in [2.45, 2.75) is 13.3 Å². The van der Waals surface area contributed by atoms with Gasteiger partial charge in [-0.1, -0.05) is 48.0 Å². The van der Waals surface area contributed by atoms with Crippen LogP contribution in [0.4, 0.5) is 0 Å². The summed E-state index contributed by atoms with van der Waals surface area (Å²) in [6, 6.07) is 16.2. The Labute approximate surface area is 95.7 Å². The van der Waals surface area contributed by atoms with E-state index in [-0.39, 0.29) is 0 Å². The fourth-order valence-electron chi connectivity index (χ4n) is 1.83. The van der Waals surface area contributed by atoms with Crippen LogP contribution in [-0.2, 0) is 6.42 Å². The van der Waals surface area contributed by atoms with Gasteiger partial charge in [0.05, 0.1) is 0 Å². The third-order valence-electron chi connectivity index (χ3n) is 2.58. The maximum Gasteiger partial charge on any atom is 0.150 e. The Bertz CT molecular complexity index is 500. The molecule has 80 valence electrons. The molecule has 2 rings (SSSR count). The highest BCUT2D eigenvalue weighted by molar-refractivity contribution is 5.74. The number of rotatable bonds is 3. The molecule has 0 radical (unpaired) electrons. The first-order chi connectivity index (χ1) is 7.78. The van der Waals surface area contributed by atoms with E-state index in [1.165, 1.54) is 16.7 Å². The zero-order valence-corrected chi connectivity index (χ0v) is 9.31. The molecule has 0 aliphatic heterocycles. The molecule has 2 aromatic rings. The van der Waals surface area contributed by atoms with E-state index in [0.717, 1.165) is 18.3 Å². The Morgan fingerprint density at radius 2 is 1.69 bits per heavy atom. The Balaban J connectivity index is 2.23. The lowest BCUT2D eigenvalue weighted by atomic mass is 10.0. The first-order valence-corrected chi connectivity index (χ1v) is 5.37. The van der Waals surface area contributed by atoms with Crippen LogP contribution in [0.3, 0.4) is 0 Å². The molecule has 0 amide bonds. The minimum atomic E-state index is 0.741. The molecule has 1 nitrogen and oxygen atoms in total. The molecule has 0 saturated carbocycles. The minimum Gasteiger partial charge on any atom is -0.298 e. The van der Waals surface area contributed by atoms with Crippen LogP contribution in [0.15, 0.2) is 48.5 Å². The average molecular weight is 210 g/mol. The molecule has 16 heavy (non-hydrogen) atoms. The van der Waals surface area contributed by atoms with Gasteiger partial charge in [0.25, 0.3) is 0 Å². The van der Waals surface area contributed by atoms with Crippen LogP contribution in [0.5, 0.6) is 0 Å². The van der Waals surface area contributed by atoms with E-state index in [2.05, 4.69) is 37.3 Å². The Hall–Kier alpha value is -1.89. The summed E-state index contributed by atoms with van der Waals surface area (Å²) in [6.07, 6.45) is 1.77. The molecule has 1 heteroatoms.